The highest BCUT2D eigenvalue weighted by molar-refractivity contribution is 6.31. The van der Waals surface area contributed by atoms with Gasteiger partial charge in [-0.15, -0.1) is 0 Å². The van der Waals surface area contributed by atoms with Crippen LogP contribution in [0, 0.1) is 0 Å². The predicted octanol–water partition coefficient (Wildman–Crippen LogP) is 3.12. The molecule has 7 heteroatoms. The van der Waals surface area contributed by atoms with Crippen LogP contribution in [-0.4, -0.2) is 28.5 Å². The van der Waals surface area contributed by atoms with Crippen LogP contribution in [0.5, 0.6) is 0 Å². The molecule has 2 aromatic rings. The SMILES string of the molecule is O=C(O)CN(C(=O)c1ccc(Cl)cn1)c1cccc(Cl)c1. The summed E-state index contributed by atoms with van der Waals surface area (Å²) in [6, 6.07) is 9.33. The number of hydrogen-bond acceptors (Lipinski definition) is 3. The van der Waals surface area contributed by atoms with Gasteiger partial charge in [-0.25, -0.2) is 4.98 Å². The first-order valence-corrected chi connectivity index (χ1v) is 6.64. The number of carbonyl (C=O) groups is 2. The molecule has 108 valence electrons. The summed E-state index contributed by atoms with van der Waals surface area (Å²) in [5.74, 6) is -1.69. The summed E-state index contributed by atoms with van der Waals surface area (Å²) < 4.78 is 0. The van der Waals surface area contributed by atoms with Crippen LogP contribution < -0.4 is 4.90 Å². The lowest BCUT2D eigenvalue weighted by Gasteiger charge is -2.20. The number of carboxylic acids is 1. The molecule has 0 aliphatic rings. The van der Waals surface area contributed by atoms with Crippen LogP contribution in [-0.2, 0) is 4.79 Å². The normalized spacial score (nSPS) is 10.2. The fraction of sp³-hybridized carbons (Fsp3) is 0.0714. The van der Waals surface area contributed by atoms with E-state index in [1.807, 2.05) is 0 Å². The number of pyridine rings is 1. The maximum absolute atomic E-state index is 12.4. The first kappa shape index (κ1) is 15.3. The third-order valence-electron chi connectivity index (χ3n) is 2.60. The average molecular weight is 325 g/mol. The summed E-state index contributed by atoms with van der Waals surface area (Å²) >= 11 is 11.6. The Morgan fingerprint density at radius 2 is 1.90 bits per heavy atom. The van der Waals surface area contributed by atoms with Crippen LogP contribution in [0.4, 0.5) is 5.69 Å². The van der Waals surface area contributed by atoms with E-state index < -0.39 is 18.4 Å². The van der Waals surface area contributed by atoms with Crippen molar-refractivity contribution in [1.82, 2.24) is 4.98 Å². The standard InChI is InChI=1S/C14H10Cl2N2O3/c15-9-2-1-3-11(6-9)18(8-13(19)20)14(21)12-5-4-10(16)7-17-12/h1-7H,8H2,(H,19,20). The number of amides is 1. The molecule has 1 aromatic carbocycles. The van der Waals surface area contributed by atoms with Crippen molar-refractivity contribution in [2.45, 2.75) is 0 Å². The van der Waals surface area contributed by atoms with Gasteiger partial charge < -0.3 is 5.11 Å². The van der Waals surface area contributed by atoms with Gasteiger partial charge in [0.05, 0.1) is 5.02 Å². The zero-order chi connectivity index (χ0) is 15.4. The smallest absolute Gasteiger partial charge is 0.323 e. The third-order valence-corrected chi connectivity index (χ3v) is 3.06. The number of nitrogens with zero attached hydrogens (tertiary/aromatic N) is 2. The molecular formula is C14H10Cl2N2O3. The van der Waals surface area contributed by atoms with Crippen molar-refractivity contribution in [3.63, 3.8) is 0 Å². The number of halogens is 2. The van der Waals surface area contributed by atoms with Gasteiger partial charge in [-0.05, 0) is 30.3 Å². The Balaban J connectivity index is 2.38. The minimum Gasteiger partial charge on any atom is -0.480 e. The highest BCUT2D eigenvalue weighted by Crippen LogP contribution is 2.21. The molecule has 0 saturated carbocycles. The Hall–Kier alpha value is -2.11. The summed E-state index contributed by atoms with van der Waals surface area (Å²) in [7, 11) is 0. The van der Waals surface area contributed by atoms with Crippen molar-refractivity contribution in [3.05, 3.63) is 58.3 Å². The number of rotatable bonds is 4. The molecule has 0 bridgehead atoms. The summed E-state index contributed by atoms with van der Waals surface area (Å²) in [6.45, 7) is -0.497. The first-order chi connectivity index (χ1) is 9.97. The van der Waals surface area contributed by atoms with E-state index in [1.54, 1.807) is 18.2 Å². The number of benzene rings is 1. The number of aliphatic carboxylic acids is 1. The van der Waals surface area contributed by atoms with Crippen molar-refractivity contribution in [2.24, 2.45) is 0 Å². The maximum Gasteiger partial charge on any atom is 0.323 e. The molecule has 0 atom stereocenters. The van der Waals surface area contributed by atoms with Gasteiger partial charge in [-0.3, -0.25) is 14.5 Å². The van der Waals surface area contributed by atoms with Crippen molar-refractivity contribution in [1.29, 1.82) is 0 Å². The molecule has 0 aliphatic carbocycles. The van der Waals surface area contributed by atoms with E-state index in [9.17, 15) is 9.59 Å². The van der Waals surface area contributed by atoms with E-state index in [1.165, 1.54) is 24.4 Å². The van der Waals surface area contributed by atoms with Crippen LogP contribution in [0.1, 0.15) is 10.5 Å². The van der Waals surface area contributed by atoms with Crippen LogP contribution in [0.3, 0.4) is 0 Å². The van der Waals surface area contributed by atoms with Gasteiger partial charge >= 0.3 is 5.97 Å². The number of hydrogen-bond donors (Lipinski definition) is 1. The lowest BCUT2D eigenvalue weighted by atomic mass is 10.2. The van der Waals surface area contributed by atoms with Crippen molar-refractivity contribution in [2.75, 3.05) is 11.4 Å². The minimum absolute atomic E-state index is 0.0978. The fourth-order valence-electron chi connectivity index (χ4n) is 1.70. The number of anilines is 1. The monoisotopic (exact) mass is 324 g/mol. The number of aromatic nitrogens is 1. The lowest BCUT2D eigenvalue weighted by Crippen LogP contribution is -2.36. The number of carboxylic acid groups (broad SMARTS) is 1. The summed E-state index contributed by atoms with van der Waals surface area (Å²) in [5.41, 5.74) is 0.479. The Morgan fingerprint density at radius 3 is 2.48 bits per heavy atom. The predicted molar refractivity (Wildman–Crippen MR) is 80.0 cm³/mol. The largest absolute Gasteiger partial charge is 0.480 e. The van der Waals surface area contributed by atoms with E-state index in [0.717, 1.165) is 4.90 Å². The molecule has 1 aromatic heterocycles. The van der Waals surface area contributed by atoms with Gasteiger partial charge in [0, 0.05) is 16.9 Å². The van der Waals surface area contributed by atoms with Crippen LogP contribution in [0.2, 0.25) is 10.0 Å². The Labute approximate surface area is 130 Å². The van der Waals surface area contributed by atoms with E-state index in [0.29, 0.717) is 15.7 Å². The van der Waals surface area contributed by atoms with Crippen LogP contribution >= 0.6 is 23.2 Å². The molecule has 0 aliphatic heterocycles. The van der Waals surface area contributed by atoms with Gasteiger partial charge in [-0.1, -0.05) is 29.3 Å². The second kappa shape index (κ2) is 6.56. The van der Waals surface area contributed by atoms with E-state index >= 15 is 0 Å². The molecular weight excluding hydrogens is 315 g/mol. The zero-order valence-corrected chi connectivity index (χ0v) is 12.2. The second-order valence-electron chi connectivity index (χ2n) is 4.13. The zero-order valence-electron chi connectivity index (χ0n) is 10.7. The molecule has 0 unspecified atom stereocenters. The summed E-state index contributed by atoms with van der Waals surface area (Å²) in [4.78, 5) is 28.4. The molecule has 5 nitrogen and oxygen atoms in total. The Kier molecular flexibility index (Phi) is 4.77. The van der Waals surface area contributed by atoms with E-state index in [4.69, 9.17) is 28.3 Å². The summed E-state index contributed by atoms with van der Waals surface area (Å²) in [5, 5.41) is 9.78. The molecule has 0 fully saturated rings. The van der Waals surface area contributed by atoms with Crippen LogP contribution in [0.15, 0.2) is 42.6 Å². The Bertz CT molecular complexity index is 674. The second-order valence-corrected chi connectivity index (χ2v) is 5.00. The van der Waals surface area contributed by atoms with Gasteiger partial charge in [0.15, 0.2) is 0 Å². The van der Waals surface area contributed by atoms with Crippen molar-refractivity contribution < 1.29 is 14.7 Å². The molecule has 2 rings (SSSR count). The van der Waals surface area contributed by atoms with Crippen LogP contribution in [0.25, 0.3) is 0 Å². The van der Waals surface area contributed by atoms with Crippen molar-refractivity contribution >= 4 is 40.8 Å². The lowest BCUT2D eigenvalue weighted by molar-refractivity contribution is -0.135. The number of carbonyl (C=O) groups excluding carboxylic acids is 1. The molecule has 1 N–H and O–H groups in total. The molecule has 0 saturated heterocycles. The van der Waals surface area contributed by atoms with Gasteiger partial charge in [-0.2, -0.15) is 0 Å². The van der Waals surface area contributed by atoms with E-state index in [-0.39, 0.29) is 5.69 Å². The van der Waals surface area contributed by atoms with Crippen molar-refractivity contribution in [3.8, 4) is 0 Å². The van der Waals surface area contributed by atoms with Gasteiger partial charge in [0.2, 0.25) is 0 Å². The van der Waals surface area contributed by atoms with Gasteiger partial charge in [0.1, 0.15) is 12.2 Å². The highest BCUT2D eigenvalue weighted by Gasteiger charge is 2.21. The first-order valence-electron chi connectivity index (χ1n) is 5.88. The minimum atomic E-state index is -1.14. The van der Waals surface area contributed by atoms with Gasteiger partial charge in [0.25, 0.3) is 5.91 Å². The third kappa shape index (κ3) is 3.93. The topological polar surface area (TPSA) is 70.5 Å². The fourth-order valence-corrected chi connectivity index (χ4v) is 2.00. The average Bonchev–Trinajstić information content (AvgIpc) is 2.44. The Morgan fingerprint density at radius 1 is 1.14 bits per heavy atom. The molecule has 21 heavy (non-hydrogen) atoms. The summed E-state index contributed by atoms with van der Waals surface area (Å²) in [6.07, 6.45) is 1.33. The maximum atomic E-state index is 12.4. The molecule has 1 heterocycles. The molecule has 0 spiro atoms. The quantitative estimate of drug-likeness (QED) is 0.937. The van der Waals surface area contributed by atoms with E-state index in [2.05, 4.69) is 4.98 Å². The highest BCUT2D eigenvalue weighted by atomic mass is 35.5. The molecule has 0 radical (unpaired) electrons. The molecule has 1 amide bonds.